The highest BCUT2D eigenvalue weighted by Gasteiger charge is 2.34. The summed E-state index contributed by atoms with van der Waals surface area (Å²) in [5.74, 6) is -0.198. The molecule has 0 amide bonds. The monoisotopic (exact) mass is 229 g/mol. The fourth-order valence-corrected chi connectivity index (χ4v) is 1.43. The van der Waals surface area contributed by atoms with Gasteiger partial charge in [0.05, 0.1) is 13.2 Å². The van der Waals surface area contributed by atoms with Crippen LogP contribution in [0, 0.1) is 5.41 Å². The van der Waals surface area contributed by atoms with E-state index in [2.05, 4.69) is 12.2 Å². The Morgan fingerprint density at radius 3 is 2.44 bits per heavy atom. The van der Waals surface area contributed by atoms with Crippen LogP contribution < -0.4 is 5.32 Å². The summed E-state index contributed by atoms with van der Waals surface area (Å²) < 4.78 is 10.4. The van der Waals surface area contributed by atoms with E-state index in [1.54, 1.807) is 0 Å². The highest BCUT2D eigenvalue weighted by Crippen LogP contribution is 2.25. The predicted molar refractivity (Wildman–Crippen MR) is 62.2 cm³/mol. The minimum atomic E-state index is -0.420. The molecule has 0 aromatic heterocycles. The summed E-state index contributed by atoms with van der Waals surface area (Å²) in [6.45, 7) is 11.9. The van der Waals surface area contributed by atoms with Crippen LogP contribution in [0.2, 0.25) is 0 Å². The molecule has 0 aliphatic carbocycles. The lowest BCUT2D eigenvalue weighted by molar-refractivity contribution is -0.157. The maximum Gasteiger partial charge on any atom is 0.323 e. The molecule has 1 aliphatic heterocycles. The second-order valence-electron chi connectivity index (χ2n) is 5.94. The first-order chi connectivity index (χ1) is 7.22. The number of nitrogens with one attached hydrogen (secondary N) is 1. The maximum atomic E-state index is 11.7. The van der Waals surface area contributed by atoms with Crippen molar-refractivity contribution >= 4 is 5.97 Å². The number of hydrogen-bond acceptors (Lipinski definition) is 4. The van der Waals surface area contributed by atoms with Crippen LogP contribution >= 0.6 is 0 Å². The van der Waals surface area contributed by atoms with Gasteiger partial charge in [0, 0.05) is 12.0 Å². The maximum absolute atomic E-state index is 11.7. The van der Waals surface area contributed by atoms with Crippen LogP contribution in [0.1, 0.15) is 34.6 Å². The molecule has 0 saturated carbocycles. The van der Waals surface area contributed by atoms with Gasteiger partial charge in [-0.05, 0) is 27.7 Å². The fraction of sp³-hybridized carbons (Fsp3) is 0.917. The average Bonchev–Trinajstić information content (AvgIpc) is 2.08. The molecule has 0 aromatic carbocycles. The molecule has 0 aromatic rings. The lowest BCUT2D eigenvalue weighted by atomic mass is 9.88. The lowest BCUT2D eigenvalue weighted by Gasteiger charge is -2.38. The zero-order valence-corrected chi connectivity index (χ0v) is 10.9. The summed E-state index contributed by atoms with van der Waals surface area (Å²) in [5.41, 5.74) is -0.243. The standard InChI is InChI=1S/C12H23NO3/c1-9(10(14)16-11(2,3)4)13-6-12(5)7-15-8-12/h9,13H,6-8H2,1-5H3. The van der Waals surface area contributed by atoms with Crippen molar-refractivity contribution in [2.45, 2.75) is 46.3 Å². The SMILES string of the molecule is CC(NCC1(C)COC1)C(=O)OC(C)(C)C. The van der Waals surface area contributed by atoms with E-state index in [1.807, 2.05) is 27.7 Å². The van der Waals surface area contributed by atoms with Crippen molar-refractivity contribution in [1.29, 1.82) is 0 Å². The van der Waals surface area contributed by atoms with Gasteiger partial charge < -0.3 is 14.8 Å². The van der Waals surface area contributed by atoms with Crippen molar-refractivity contribution in [2.24, 2.45) is 5.41 Å². The van der Waals surface area contributed by atoms with Gasteiger partial charge in [-0.15, -0.1) is 0 Å². The average molecular weight is 229 g/mol. The molecule has 1 rings (SSSR count). The van der Waals surface area contributed by atoms with Crippen molar-refractivity contribution in [1.82, 2.24) is 5.32 Å². The van der Waals surface area contributed by atoms with Gasteiger partial charge in [0.2, 0.25) is 0 Å². The zero-order valence-electron chi connectivity index (χ0n) is 10.9. The highest BCUT2D eigenvalue weighted by atomic mass is 16.6. The molecule has 1 saturated heterocycles. The summed E-state index contributed by atoms with van der Waals surface area (Å²) in [7, 11) is 0. The first-order valence-electron chi connectivity index (χ1n) is 5.76. The Bertz CT molecular complexity index is 253. The summed E-state index contributed by atoms with van der Waals surface area (Å²) in [6.07, 6.45) is 0. The second kappa shape index (κ2) is 4.72. The van der Waals surface area contributed by atoms with Gasteiger partial charge >= 0.3 is 5.97 Å². The first-order valence-corrected chi connectivity index (χ1v) is 5.76. The number of hydrogen-bond donors (Lipinski definition) is 1. The second-order valence-corrected chi connectivity index (χ2v) is 5.94. The summed E-state index contributed by atoms with van der Waals surface area (Å²) in [6, 6.07) is -0.267. The Balaban J connectivity index is 2.29. The highest BCUT2D eigenvalue weighted by molar-refractivity contribution is 5.75. The topological polar surface area (TPSA) is 47.6 Å². The molecule has 1 unspecified atom stereocenters. The summed E-state index contributed by atoms with van der Waals surface area (Å²) in [4.78, 5) is 11.7. The molecule has 94 valence electrons. The van der Waals surface area contributed by atoms with Crippen LogP contribution in [0.4, 0.5) is 0 Å². The normalized spacial score (nSPS) is 21.1. The predicted octanol–water partition coefficient (Wildman–Crippen LogP) is 1.34. The number of ether oxygens (including phenoxy) is 2. The van der Waals surface area contributed by atoms with Gasteiger partial charge in [0.1, 0.15) is 11.6 Å². The number of esters is 1. The van der Waals surface area contributed by atoms with E-state index in [9.17, 15) is 4.79 Å². The number of carbonyl (C=O) groups is 1. The molecule has 0 bridgehead atoms. The molecule has 1 heterocycles. The first kappa shape index (κ1) is 13.5. The van der Waals surface area contributed by atoms with Crippen molar-refractivity contribution in [2.75, 3.05) is 19.8 Å². The van der Waals surface area contributed by atoms with E-state index in [0.717, 1.165) is 19.8 Å². The molecular weight excluding hydrogens is 206 g/mol. The number of rotatable bonds is 4. The van der Waals surface area contributed by atoms with Gasteiger partial charge in [-0.25, -0.2) is 0 Å². The van der Waals surface area contributed by atoms with Gasteiger partial charge in [-0.3, -0.25) is 4.79 Å². The van der Waals surface area contributed by atoms with E-state index in [0.29, 0.717) is 0 Å². The molecule has 0 spiro atoms. The van der Waals surface area contributed by atoms with Gasteiger partial charge in [0.15, 0.2) is 0 Å². The molecule has 16 heavy (non-hydrogen) atoms. The molecule has 4 heteroatoms. The van der Waals surface area contributed by atoms with Gasteiger partial charge in [-0.1, -0.05) is 6.92 Å². The summed E-state index contributed by atoms with van der Waals surface area (Å²) >= 11 is 0. The molecule has 1 fully saturated rings. The molecule has 1 atom stereocenters. The Labute approximate surface area is 97.7 Å². The van der Waals surface area contributed by atoms with Crippen LogP contribution in [0.5, 0.6) is 0 Å². The summed E-state index contributed by atoms with van der Waals surface area (Å²) in [5, 5.41) is 3.19. The zero-order chi connectivity index (χ0) is 12.4. The van der Waals surface area contributed by atoms with Crippen LogP contribution in [0.15, 0.2) is 0 Å². The quantitative estimate of drug-likeness (QED) is 0.739. The largest absolute Gasteiger partial charge is 0.459 e. The van der Waals surface area contributed by atoms with Gasteiger partial charge in [-0.2, -0.15) is 0 Å². The molecule has 4 nitrogen and oxygen atoms in total. The lowest BCUT2D eigenvalue weighted by Crippen LogP contribution is -2.51. The Morgan fingerprint density at radius 1 is 1.50 bits per heavy atom. The van der Waals surface area contributed by atoms with Crippen LogP contribution in [-0.4, -0.2) is 37.4 Å². The molecular formula is C12H23NO3. The molecule has 1 aliphatic rings. The third kappa shape index (κ3) is 4.10. The van der Waals surface area contributed by atoms with E-state index >= 15 is 0 Å². The van der Waals surface area contributed by atoms with Gasteiger partial charge in [0.25, 0.3) is 0 Å². The van der Waals surface area contributed by atoms with E-state index < -0.39 is 5.60 Å². The van der Waals surface area contributed by atoms with Crippen LogP contribution in [-0.2, 0) is 14.3 Å². The minimum Gasteiger partial charge on any atom is -0.459 e. The Hall–Kier alpha value is -0.610. The van der Waals surface area contributed by atoms with Crippen molar-refractivity contribution < 1.29 is 14.3 Å². The Kier molecular flexibility index (Phi) is 3.97. The van der Waals surface area contributed by atoms with Crippen molar-refractivity contribution in [3.8, 4) is 0 Å². The van der Waals surface area contributed by atoms with E-state index in [-0.39, 0.29) is 17.4 Å². The fourth-order valence-electron chi connectivity index (χ4n) is 1.43. The Morgan fingerprint density at radius 2 is 2.06 bits per heavy atom. The minimum absolute atomic E-state index is 0.177. The molecule has 0 radical (unpaired) electrons. The van der Waals surface area contributed by atoms with E-state index in [4.69, 9.17) is 9.47 Å². The molecule has 1 N–H and O–H groups in total. The smallest absolute Gasteiger partial charge is 0.323 e. The van der Waals surface area contributed by atoms with Crippen molar-refractivity contribution in [3.63, 3.8) is 0 Å². The third-order valence-electron chi connectivity index (χ3n) is 2.50. The van der Waals surface area contributed by atoms with Crippen molar-refractivity contribution in [3.05, 3.63) is 0 Å². The van der Waals surface area contributed by atoms with E-state index in [1.165, 1.54) is 0 Å². The van der Waals surface area contributed by atoms with Crippen LogP contribution in [0.25, 0.3) is 0 Å². The number of carbonyl (C=O) groups excluding carboxylic acids is 1. The third-order valence-corrected chi connectivity index (χ3v) is 2.50. The van der Waals surface area contributed by atoms with Crippen LogP contribution in [0.3, 0.4) is 0 Å².